The van der Waals surface area contributed by atoms with E-state index in [2.05, 4.69) is 0 Å². The Morgan fingerprint density at radius 2 is 2.12 bits per heavy atom. The summed E-state index contributed by atoms with van der Waals surface area (Å²) < 4.78 is 0. The second-order valence-electron chi connectivity index (χ2n) is 4.02. The Morgan fingerprint density at radius 1 is 1.44 bits per heavy atom. The van der Waals surface area contributed by atoms with Crippen LogP contribution in [-0.4, -0.2) is 23.4 Å². The predicted molar refractivity (Wildman–Crippen MR) is 67.8 cm³/mol. The summed E-state index contributed by atoms with van der Waals surface area (Å²) in [5, 5.41) is 0. The number of rotatable bonds is 4. The number of halogens is 1. The van der Waals surface area contributed by atoms with Gasteiger partial charge in [-0.3, -0.25) is 4.79 Å². The zero-order valence-corrected chi connectivity index (χ0v) is 10.8. The van der Waals surface area contributed by atoms with Crippen LogP contribution < -0.4 is 0 Å². The fraction of sp³-hybridized carbons (Fsp3) is 0.462. The van der Waals surface area contributed by atoms with Crippen LogP contribution in [-0.2, 0) is 5.88 Å². The first-order chi connectivity index (χ1) is 7.60. The first kappa shape index (κ1) is 13.0. The Bertz CT molecular complexity index is 363. The lowest BCUT2D eigenvalue weighted by atomic mass is 10.1. The lowest BCUT2D eigenvalue weighted by Crippen LogP contribution is -2.36. The van der Waals surface area contributed by atoms with Crippen molar-refractivity contribution in [3.8, 4) is 0 Å². The van der Waals surface area contributed by atoms with Crippen molar-refractivity contribution in [2.24, 2.45) is 0 Å². The van der Waals surface area contributed by atoms with Gasteiger partial charge in [-0.15, -0.1) is 11.6 Å². The summed E-state index contributed by atoms with van der Waals surface area (Å²) in [5.41, 5.74) is 1.70. The van der Waals surface area contributed by atoms with Crippen molar-refractivity contribution in [1.82, 2.24) is 4.90 Å². The van der Waals surface area contributed by atoms with E-state index in [0.717, 1.165) is 12.1 Å². The van der Waals surface area contributed by atoms with E-state index in [-0.39, 0.29) is 11.9 Å². The number of hydrogen-bond donors (Lipinski definition) is 0. The van der Waals surface area contributed by atoms with E-state index in [1.165, 1.54) is 0 Å². The topological polar surface area (TPSA) is 20.3 Å². The van der Waals surface area contributed by atoms with Crippen LogP contribution in [0.15, 0.2) is 24.3 Å². The smallest absolute Gasteiger partial charge is 0.254 e. The Hall–Kier alpha value is -1.02. The Balaban J connectivity index is 2.94. The molecule has 0 saturated carbocycles. The van der Waals surface area contributed by atoms with Crippen LogP contribution in [0.1, 0.15) is 36.7 Å². The van der Waals surface area contributed by atoms with Gasteiger partial charge in [0.15, 0.2) is 0 Å². The van der Waals surface area contributed by atoms with Gasteiger partial charge >= 0.3 is 0 Å². The Morgan fingerprint density at radius 3 is 2.62 bits per heavy atom. The summed E-state index contributed by atoms with van der Waals surface area (Å²) in [4.78, 5) is 14.0. The minimum atomic E-state index is 0.0736. The first-order valence-corrected chi connectivity index (χ1v) is 6.09. The summed E-state index contributed by atoms with van der Waals surface area (Å²) in [7, 11) is 0. The molecule has 2 nitrogen and oxygen atoms in total. The van der Waals surface area contributed by atoms with E-state index in [0.29, 0.717) is 11.4 Å². The second kappa shape index (κ2) is 5.90. The molecule has 1 aromatic rings. The van der Waals surface area contributed by atoms with Crippen LogP contribution in [0.2, 0.25) is 0 Å². The first-order valence-electron chi connectivity index (χ1n) is 5.56. The van der Waals surface area contributed by atoms with Crippen LogP contribution in [0.25, 0.3) is 0 Å². The summed E-state index contributed by atoms with van der Waals surface area (Å²) in [5.74, 6) is 0.513. The average molecular weight is 240 g/mol. The molecule has 0 radical (unpaired) electrons. The van der Waals surface area contributed by atoms with E-state index in [9.17, 15) is 4.79 Å². The van der Waals surface area contributed by atoms with Gasteiger partial charge in [0.05, 0.1) is 0 Å². The highest BCUT2D eigenvalue weighted by Crippen LogP contribution is 2.12. The number of alkyl halides is 1. The third-order valence-electron chi connectivity index (χ3n) is 2.55. The van der Waals surface area contributed by atoms with Crippen molar-refractivity contribution in [2.45, 2.75) is 32.7 Å². The number of amides is 1. The third-order valence-corrected chi connectivity index (χ3v) is 2.86. The van der Waals surface area contributed by atoms with Gasteiger partial charge in [-0.2, -0.15) is 0 Å². The monoisotopic (exact) mass is 239 g/mol. The molecular weight excluding hydrogens is 222 g/mol. The maximum Gasteiger partial charge on any atom is 0.254 e. The molecule has 0 aromatic heterocycles. The van der Waals surface area contributed by atoms with Crippen LogP contribution >= 0.6 is 11.6 Å². The van der Waals surface area contributed by atoms with Crippen LogP contribution in [0.4, 0.5) is 0 Å². The van der Waals surface area contributed by atoms with Gasteiger partial charge in [-0.05, 0) is 38.5 Å². The van der Waals surface area contributed by atoms with Gasteiger partial charge in [-0.25, -0.2) is 0 Å². The van der Waals surface area contributed by atoms with Gasteiger partial charge < -0.3 is 4.90 Å². The zero-order valence-electron chi connectivity index (χ0n) is 10.0. The van der Waals surface area contributed by atoms with E-state index < -0.39 is 0 Å². The van der Waals surface area contributed by atoms with E-state index in [1.54, 1.807) is 0 Å². The number of hydrogen-bond acceptors (Lipinski definition) is 1. The highest BCUT2D eigenvalue weighted by Gasteiger charge is 2.16. The van der Waals surface area contributed by atoms with Crippen LogP contribution in [0.5, 0.6) is 0 Å². The maximum atomic E-state index is 12.2. The molecule has 0 heterocycles. The molecule has 0 N–H and O–H groups in total. The molecule has 0 aliphatic heterocycles. The summed E-state index contributed by atoms with van der Waals surface area (Å²) in [6.07, 6.45) is 0. The molecule has 0 fully saturated rings. The molecule has 1 aromatic carbocycles. The highest BCUT2D eigenvalue weighted by molar-refractivity contribution is 6.17. The number of nitrogens with zero attached hydrogens (tertiary/aromatic N) is 1. The van der Waals surface area contributed by atoms with Crippen molar-refractivity contribution in [3.05, 3.63) is 35.4 Å². The largest absolute Gasteiger partial charge is 0.337 e. The molecule has 0 aliphatic carbocycles. The lowest BCUT2D eigenvalue weighted by Gasteiger charge is -2.25. The molecule has 0 atom stereocenters. The van der Waals surface area contributed by atoms with Gasteiger partial charge in [0.1, 0.15) is 0 Å². The molecule has 1 amide bonds. The normalized spacial score (nSPS) is 10.6. The van der Waals surface area contributed by atoms with E-state index in [4.69, 9.17) is 11.6 Å². The molecule has 16 heavy (non-hydrogen) atoms. The fourth-order valence-corrected chi connectivity index (χ4v) is 1.86. The van der Waals surface area contributed by atoms with Crippen molar-refractivity contribution < 1.29 is 4.79 Å². The van der Waals surface area contributed by atoms with Gasteiger partial charge in [0.25, 0.3) is 5.91 Å². The maximum absolute atomic E-state index is 12.2. The number of carbonyl (C=O) groups excluding carboxylic acids is 1. The summed E-state index contributed by atoms with van der Waals surface area (Å²) >= 11 is 5.75. The minimum Gasteiger partial charge on any atom is -0.337 e. The van der Waals surface area contributed by atoms with Crippen LogP contribution in [0, 0.1) is 0 Å². The quantitative estimate of drug-likeness (QED) is 0.739. The Labute approximate surface area is 102 Å². The molecule has 3 heteroatoms. The van der Waals surface area contributed by atoms with Crippen LogP contribution in [0.3, 0.4) is 0 Å². The summed E-state index contributed by atoms with van der Waals surface area (Å²) in [6.45, 7) is 6.75. The van der Waals surface area contributed by atoms with Crippen molar-refractivity contribution in [2.75, 3.05) is 6.54 Å². The van der Waals surface area contributed by atoms with Crippen molar-refractivity contribution >= 4 is 17.5 Å². The molecule has 0 spiro atoms. The fourth-order valence-electron chi connectivity index (χ4n) is 1.70. The van der Waals surface area contributed by atoms with Gasteiger partial charge in [-0.1, -0.05) is 12.1 Å². The SMILES string of the molecule is CCN(C(=O)c1cccc(CCl)c1)C(C)C. The molecule has 1 rings (SSSR count). The molecule has 0 saturated heterocycles. The summed E-state index contributed by atoms with van der Waals surface area (Å²) in [6, 6.07) is 7.72. The molecule has 0 bridgehead atoms. The minimum absolute atomic E-state index is 0.0736. The van der Waals surface area contributed by atoms with E-state index in [1.807, 2.05) is 49.9 Å². The standard InChI is InChI=1S/C13H18ClNO/c1-4-15(10(2)3)13(16)12-7-5-6-11(8-12)9-14/h5-8,10H,4,9H2,1-3H3. The molecule has 88 valence electrons. The number of carbonyl (C=O) groups is 1. The molecule has 0 aliphatic rings. The molecule has 0 unspecified atom stereocenters. The highest BCUT2D eigenvalue weighted by atomic mass is 35.5. The van der Waals surface area contributed by atoms with Gasteiger partial charge in [0, 0.05) is 24.0 Å². The average Bonchev–Trinajstić information content (AvgIpc) is 2.29. The Kier molecular flexibility index (Phi) is 4.81. The zero-order chi connectivity index (χ0) is 12.1. The predicted octanol–water partition coefficient (Wildman–Crippen LogP) is 3.30. The molecular formula is C13H18ClNO. The van der Waals surface area contributed by atoms with E-state index >= 15 is 0 Å². The number of benzene rings is 1. The van der Waals surface area contributed by atoms with Gasteiger partial charge in [0.2, 0.25) is 0 Å². The lowest BCUT2D eigenvalue weighted by molar-refractivity contribution is 0.0717. The van der Waals surface area contributed by atoms with Crippen molar-refractivity contribution in [1.29, 1.82) is 0 Å². The van der Waals surface area contributed by atoms with Crippen molar-refractivity contribution in [3.63, 3.8) is 0 Å². The second-order valence-corrected chi connectivity index (χ2v) is 4.29. The third kappa shape index (κ3) is 2.99.